The van der Waals surface area contributed by atoms with Gasteiger partial charge in [-0.25, -0.2) is 0 Å². The molecule has 0 aliphatic heterocycles. The van der Waals surface area contributed by atoms with Crippen molar-refractivity contribution in [1.29, 1.82) is 0 Å². The smallest absolute Gasteiger partial charge is 0.270 e. The summed E-state index contributed by atoms with van der Waals surface area (Å²) in [6, 6.07) is 11.6. The molecule has 0 heterocycles. The Morgan fingerprint density at radius 1 is 1.17 bits per heavy atom. The molecule has 2 aromatic rings. The van der Waals surface area contributed by atoms with Crippen molar-refractivity contribution in [3.05, 3.63) is 58.1 Å². The normalized spacial score (nSPS) is 10.3. The summed E-state index contributed by atoms with van der Waals surface area (Å²) in [4.78, 5) is 10.3. The Bertz CT molecular complexity index is 593. The molecule has 0 amide bonds. The molecule has 0 fully saturated rings. The lowest BCUT2D eigenvalue weighted by Gasteiger charge is -2.09. The number of hydrogen-bond acceptors (Lipinski definition) is 3. The zero-order chi connectivity index (χ0) is 13.1. The molecule has 2 aromatic carbocycles. The SMILES string of the molecule is CCc1ccccc1-c1cc([N+](=O)[O-])ccc1O. The first kappa shape index (κ1) is 12.1. The van der Waals surface area contributed by atoms with E-state index in [1.165, 1.54) is 18.2 Å². The highest BCUT2D eigenvalue weighted by Crippen LogP contribution is 2.34. The van der Waals surface area contributed by atoms with Gasteiger partial charge in [0.05, 0.1) is 4.92 Å². The lowest BCUT2D eigenvalue weighted by Crippen LogP contribution is -1.91. The number of phenolic OH excluding ortho intramolecular Hbond substituents is 1. The fraction of sp³-hybridized carbons (Fsp3) is 0.143. The first-order valence-corrected chi connectivity index (χ1v) is 5.69. The summed E-state index contributed by atoms with van der Waals surface area (Å²) in [6.07, 6.45) is 0.804. The van der Waals surface area contributed by atoms with Gasteiger partial charge >= 0.3 is 0 Å². The van der Waals surface area contributed by atoms with Crippen molar-refractivity contribution in [3.63, 3.8) is 0 Å². The van der Waals surface area contributed by atoms with E-state index in [9.17, 15) is 15.2 Å². The quantitative estimate of drug-likeness (QED) is 0.662. The number of aromatic hydroxyl groups is 1. The third-order valence-electron chi connectivity index (χ3n) is 2.88. The molecular weight excluding hydrogens is 230 g/mol. The minimum absolute atomic E-state index is 0.0197. The van der Waals surface area contributed by atoms with E-state index >= 15 is 0 Å². The summed E-state index contributed by atoms with van der Waals surface area (Å²) in [5.74, 6) is 0.0569. The molecule has 0 aliphatic rings. The maximum Gasteiger partial charge on any atom is 0.270 e. The lowest BCUT2D eigenvalue weighted by molar-refractivity contribution is -0.384. The van der Waals surface area contributed by atoms with Gasteiger partial charge in [-0.05, 0) is 23.6 Å². The van der Waals surface area contributed by atoms with Crippen molar-refractivity contribution in [3.8, 4) is 16.9 Å². The number of nitro benzene ring substituents is 1. The van der Waals surface area contributed by atoms with Gasteiger partial charge in [0.1, 0.15) is 5.75 Å². The Morgan fingerprint density at radius 3 is 2.56 bits per heavy atom. The van der Waals surface area contributed by atoms with Gasteiger partial charge in [-0.3, -0.25) is 10.1 Å². The van der Waals surface area contributed by atoms with Crippen molar-refractivity contribution in [2.75, 3.05) is 0 Å². The van der Waals surface area contributed by atoms with Crippen molar-refractivity contribution < 1.29 is 10.0 Å². The second-order valence-electron chi connectivity index (χ2n) is 3.97. The average Bonchev–Trinajstić information content (AvgIpc) is 2.39. The van der Waals surface area contributed by atoms with Gasteiger partial charge in [0.25, 0.3) is 5.69 Å². The molecule has 0 atom stereocenters. The molecule has 0 unspecified atom stereocenters. The lowest BCUT2D eigenvalue weighted by atomic mass is 9.97. The largest absolute Gasteiger partial charge is 0.507 e. The van der Waals surface area contributed by atoms with Crippen LogP contribution in [-0.4, -0.2) is 10.0 Å². The van der Waals surface area contributed by atoms with Gasteiger partial charge in [-0.1, -0.05) is 31.2 Å². The van der Waals surface area contributed by atoms with Crippen LogP contribution in [0.25, 0.3) is 11.1 Å². The van der Waals surface area contributed by atoms with E-state index in [1.54, 1.807) is 0 Å². The molecule has 18 heavy (non-hydrogen) atoms. The Labute approximate surface area is 105 Å². The number of phenols is 1. The highest BCUT2D eigenvalue weighted by molar-refractivity contribution is 5.75. The van der Waals surface area contributed by atoms with Crippen LogP contribution in [0.1, 0.15) is 12.5 Å². The number of nitrogens with zero attached hydrogens (tertiary/aromatic N) is 1. The van der Waals surface area contributed by atoms with Crippen LogP contribution in [0.3, 0.4) is 0 Å². The predicted octanol–water partition coefficient (Wildman–Crippen LogP) is 3.53. The van der Waals surface area contributed by atoms with Crippen LogP contribution in [-0.2, 0) is 6.42 Å². The monoisotopic (exact) mass is 243 g/mol. The predicted molar refractivity (Wildman–Crippen MR) is 69.6 cm³/mol. The van der Waals surface area contributed by atoms with Crippen molar-refractivity contribution in [2.45, 2.75) is 13.3 Å². The number of rotatable bonds is 3. The van der Waals surface area contributed by atoms with E-state index in [2.05, 4.69) is 0 Å². The van der Waals surface area contributed by atoms with Crippen LogP contribution >= 0.6 is 0 Å². The number of hydrogen-bond donors (Lipinski definition) is 1. The highest BCUT2D eigenvalue weighted by atomic mass is 16.6. The van der Waals surface area contributed by atoms with Crippen molar-refractivity contribution in [1.82, 2.24) is 0 Å². The molecule has 92 valence electrons. The molecule has 0 aromatic heterocycles. The van der Waals surface area contributed by atoms with Gasteiger partial charge < -0.3 is 5.11 Å². The summed E-state index contributed by atoms with van der Waals surface area (Å²) < 4.78 is 0. The summed E-state index contributed by atoms with van der Waals surface area (Å²) in [5.41, 5.74) is 2.37. The van der Waals surface area contributed by atoms with Gasteiger partial charge in [0.15, 0.2) is 0 Å². The topological polar surface area (TPSA) is 63.4 Å². The molecule has 0 spiro atoms. The fourth-order valence-corrected chi connectivity index (χ4v) is 1.94. The number of aryl methyl sites for hydroxylation is 1. The Hall–Kier alpha value is -2.36. The fourth-order valence-electron chi connectivity index (χ4n) is 1.94. The van der Waals surface area contributed by atoms with Gasteiger partial charge in [0, 0.05) is 17.7 Å². The average molecular weight is 243 g/mol. The summed E-state index contributed by atoms with van der Waals surface area (Å²) in [7, 11) is 0. The highest BCUT2D eigenvalue weighted by Gasteiger charge is 2.13. The number of nitro groups is 1. The molecular formula is C14H13NO3. The van der Waals surface area contributed by atoms with E-state index in [4.69, 9.17) is 0 Å². The molecule has 4 nitrogen and oxygen atoms in total. The molecule has 4 heteroatoms. The molecule has 0 aliphatic carbocycles. The van der Waals surface area contributed by atoms with Crippen LogP contribution in [0.2, 0.25) is 0 Å². The van der Waals surface area contributed by atoms with Crippen LogP contribution in [0, 0.1) is 10.1 Å². The zero-order valence-corrected chi connectivity index (χ0v) is 9.96. The van der Waals surface area contributed by atoms with E-state index < -0.39 is 4.92 Å². The van der Waals surface area contributed by atoms with E-state index in [0.717, 1.165) is 17.5 Å². The van der Waals surface area contributed by atoms with E-state index in [1.807, 2.05) is 31.2 Å². The van der Waals surface area contributed by atoms with Crippen LogP contribution in [0.4, 0.5) is 5.69 Å². The standard InChI is InChI=1S/C14H13NO3/c1-2-10-5-3-4-6-12(10)13-9-11(15(17)18)7-8-14(13)16/h3-9,16H,2H2,1H3. The molecule has 1 N–H and O–H groups in total. The number of non-ortho nitro benzene ring substituents is 1. The van der Waals surface area contributed by atoms with Gasteiger partial charge in [-0.2, -0.15) is 0 Å². The molecule has 0 radical (unpaired) electrons. The van der Waals surface area contributed by atoms with Crippen LogP contribution in [0.15, 0.2) is 42.5 Å². The second-order valence-corrected chi connectivity index (χ2v) is 3.97. The summed E-state index contributed by atoms with van der Waals surface area (Å²) >= 11 is 0. The summed E-state index contributed by atoms with van der Waals surface area (Å²) in [5, 5.41) is 20.6. The van der Waals surface area contributed by atoms with Crippen molar-refractivity contribution in [2.24, 2.45) is 0 Å². The Morgan fingerprint density at radius 2 is 1.89 bits per heavy atom. The molecule has 2 rings (SSSR count). The maximum absolute atomic E-state index is 10.8. The third-order valence-corrected chi connectivity index (χ3v) is 2.88. The first-order valence-electron chi connectivity index (χ1n) is 5.69. The first-order chi connectivity index (χ1) is 8.63. The van der Waals surface area contributed by atoms with Crippen LogP contribution < -0.4 is 0 Å². The molecule has 0 saturated carbocycles. The van der Waals surface area contributed by atoms with Crippen LogP contribution in [0.5, 0.6) is 5.75 Å². The second kappa shape index (κ2) is 4.87. The minimum Gasteiger partial charge on any atom is -0.507 e. The maximum atomic E-state index is 10.8. The Kier molecular flexibility index (Phi) is 3.28. The Balaban J connectivity index is 2.62. The van der Waals surface area contributed by atoms with E-state index in [-0.39, 0.29) is 11.4 Å². The molecule has 0 bridgehead atoms. The van der Waals surface area contributed by atoms with Gasteiger partial charge in [0.2, 0.25) is 0 Å². The minimum atomic E-state index is -0.461. The number of benzene rings is 2. The zero-order valence-electron chi connectivity index (χ0n) is 9.96. The van der Waals surface area contributed by atoms with Crippen molar-refractivity contribution >= 4 is 5.69 Å². The van der Waals surface area contributed by atoms with Gasteiger partial charge in [-0.15, -0.1) is 0 Å². The van der Waals surface area contributed by atoms with E-state index in [0.29, 0.717) is 5.56 Å². The summed E-state index contributed by atoms with van der Waals surface area (Å²) in [6.45, 7) is 2.01. The third kappa shape index (κ3) is 2.18. The molecule has 0 saturated heterocycles.